The first-order valence-electron chi connectivity index (χ1n) is 7.71. The van der Waals surface area contributed by atoms with Crippen molar-refractivity contribution in [2.45, 2.75) is 31.7 Å². The van der Waals surface area contributed by atoms with Gasteiger partial charge in [-0.25, -0.2) is 0 Å². The fraction of sp³-hybridized carbons (Fsp3) is 0.375. The van der Waals surface area contributed by atoms with E-state index in [1.165, 1.54) is 0 Å². The van der Waals surface area contributed by atoms with E-state index in [1.807, 2.05) is 18.3 Å². The molecule has 0 aliphatic carbocycles. The Bertz CT molecular complexity index is 782. The van der Waals surface area contributed by atoms with Crippen LogP contribution in [0.2, 0.25) is 0 Å². The molecule has 0 aliphatic rings. The van der Waals surface area contributed by atoms with Crippen LogP contribution in [0, 0.1) is 0 Å². The Morgan fingerprint density at radius 3 is 3.00 bits per heavy atom. The number of nitrogens with two attached hydrogens (primary N) is 2. The standard InChI is InChI=1S/C16H20BrN5O/c17-11-4-5-12-10(9-20-14(12)8-11)7-15-21-16(22-23-15)13(19)3-1-2-6-18/h4-5,8-9,13,20H,1-3,6-7,18-19H2. The van der Waals surface area contributed by atoms with Crippen LogP contribution in [0.1, 0.15) is 42.6 Å². The first kappa shape index (κ1) is 16.2. The Morgan fingerprint density at radius 1 is 1.30 bits per heavy atom. The highest BCUT2D eigenvalue weighted by atomic mass is 79.9. The molecule has 1 aromatic carbocycles. The molecule has 2 aromatic heterocycles. The second kappa shape index (κ2) is 7.25. The third-order valence-electron chi connectivity index (χ3n) is 3.86. The molecule has 0 saturated heterocycles. The van der Waals surface area contributed by atoms with Crippen LogP contribution in [-0.2, 0) is 6.42 Å². The summed E-state index contributed by atoms with van der Waals surface area (Å²) >= 11 is 3.47. The van der Waals surface area contributed by atoms with E-state index in [-0.39, 0.29) is 6.04 Å². The Labute approximate surface area is 142 Å². The number of unbranched alkanes of at least 4 members (excludes halogenated alkanes) is 1. The van der Waals surface area contributed by atoms with Crippen molar-refractivity contribution in [3.63, 3.8) is 0 Å². The predicted molar refractivity (Wildman–Crippen MR) is 92.9 cm³/mol. The highest BCUT2D eigenvalue weighted by molar-refractivity contribution is 9.10. The fourth-order valence-electron chi connectivity index (χ4n) is 2.60. The number of aromatic amines is 1. The highest BCUT2D eigenvalue weighted by Crippen LogP contribution is 2.24. The molecule has 6 nitrogen and oxygen atoms in total. The molecule has 1 unspecified atom stereocenters. The van der Waals surface area contributed by atoms with Crippen LogP contribution in [0.4, 0.5) is 0 Å². The number of rotatable bonds is 7. The van der Waals surface area contributed by atoms with Gasteiger partial charge in [-0.2, -0.15) is 4.98 Å². The van der Waals surface area contributed by atoms with E-state index < -0.39 is 0 Å². The SMILES string of the molecule is NCCCCC(N)c1noc(Cc2c[nH]c3cc(Br)ccc23)n1. The van der Waals surface area contributed by atoms with Gasteiger partial charge in [0.25, 0.3) is 0 Å². The molecule has 2 heterocycles. The third-order valence-corrected chi connectivity index (χ3v) is 4.35. The van der Waals surface area contributed by atoms with Gasteiger partial charge >= 0.3 is 0 Å². The summed E-state index contributed by atoms with van der Waals surface area (Å²) in [7, 11) is 0. The normalized spacial score (nSPS) is 12.8. The van der Waals surface area contributed by atoms with Gasteiger partial charge in [0.05, 0.1) is 12.5 Å². The summed E-state index contributed by atoms with van der Waals surface area (Å²) in [5.74, 6) is 1.15. The van der Waals surface area contributed by atoms with Gasteiger partial charge < -0.3 is 21.0 Å². The number of benzene rings is 1. The molecule has 7 heteroatoms. The van der Waals surface area contributed by atoms with E-state index in [9.17, 15) is 0 Å². The van der Waals surface area contributed by atoms with Gasteiger partial charge in [-0.3, -0.25) is 0 Å². The van der Waals surface area contributed by atoms with Crippen LogP contribution in [0.3, 0.4) is 0 Å². The molecule has 0 spiro atoms. The smallest absolute Gasteiger partial charge is 0.231 e. The van der Waals surface area contributed by atoms with Gasteiger partial charge in [-0.1, -0.05) is 33.6 Å². The van der Waals surface area contributed by atoms with E-state index in [2.05, 4.69) is 37.1 Å². The summed E-state index contributed by atoms with van der Waals surface area (Å²) in [6, 6.07) is 5.94. The highest BCUT2D eigenvalue weighted by Gasteiger charge is 2.15. The van der Waals surface area contributed by atoms with Crippen LogP contribution in [-0.4, -0.2) is 21.7 Å². The minimum absolute atomic E-state index is 0.196. The molecule has 0 fully saturated rings. The van der Waals surface area contributed by atoms with E-state index in [0.29, 0.717) is 24.7 Å². The van der Waals surface area contributed by atoms with E-state index in [1.54, 1.807) is 0 Å². The summed E-state index contributed by atoms with van der Waals surface area (Å²) in [5.41, 5.74) is 13.8. The Balaban J connectivity index is 1.70. The number of nitrogens with zero attached hydrogens (tertiary/aromatic N) is 2. The number of nitrogens with one attached hydrogen (secondary N) is 1. The second-order valence-electron chi connectivity index (χ2n) is 5.62. The zero-order valence-electron chi connectivity index (χ0n) is 12.8. The van der Waals surface area contributed by atoms with Crippen LogP contribution in [0.15, 0.2) is 33.4 Å². The third kappa shape index (κ3) is 3.80. The lowest BCUT2D eigenvalue weighted by atomic mass is 10.1. The van der Waals surface area contributed by atoms with Gasteiger partial charge in [-0.15, -0.1) is 0 Å². The largest absolute Gasteiger partial charge is 0.361 e. The van der Waals surface area contributed by atoms with Gasteiger partial charge in [0, 0.05) is 21.6 Å². The lowest BCUT2D eigenvalue weighted by molar-refractivity contribution is 0.374. The van der Waals surface area contributed by atoms with Crippen molar-refractivity contribution in [3.8, 4) is 0 Å². The quantitative estimate of drug-likeness (QED) is 0.548. The average molecular weight is 378 g/mol. The van der Waals surface area contributed by atoms with Crippen molar-refractivity contribution in [2.75, 3.05) is 6.54 Å². The molecule has 0 bridgehead atoms. The van der Waals surface area contributed by atoms with Gasteiger partial charge in [0.1, 0.15) is 0 Å². The van der Waals surface area contributed by atoms with Gasteiger partial charge in [0.15, 0.2) is 5.82 Å². The number of halogens is 1. The number of hydrogen-bond acceptors (Lipinski definition) is 5. The van der Waals surface area contributed by atoms with Crippen LogP contribution >= 0.6 is 15.9 Å². The zero-order valence-corrected chi connectivity index (χ0v) is 14.3. The maximum atomic E-state index is 6.09. The summed E-state index contributed by atoms with van der Waals surface area (Å²) in [6.45, 7) is 0.681. The fourth-order valence-corrected chi connectivity index (χ4v) is 2.96. The summed E-state index contributed by atoms with van der Waals surface area (Å²) in [4.78, 5) is 7.69. The topological polar surface area (TPSA) is 107 Å². The zero-order chi connectivity index (χ0) is 16.2. The lowest BCUT2D eigenvalue weighted by Gasteiger charge is -2.05. The number of H-pyrrole nitrogens is 1. The lowest BCUT2D eigenvalue weighted by Crippen LogP contribution is -2.12. The molecule has 122 valence electrons. The molecule has 0 saturated carbocycles. The molecule has 1 atom stereocenters. The monoisotopic (exact) mass is 377 g/mol. The van der Waals surface area contributed by atoms with Gasteiger partial charge in [-0.05, 0) is 37.1 Å². The molecule has 0 amide bonds. The van der Waals surface area contributed by atoms with Crippen molar-refractivity contribution in [3.05, 3.63) is 46.1 Å². The number of fused-ring (bicyclic) bond motifs is 1. The van der Waals surface area contributed by atoms with Crippen LogP contribution < -0.4 is 11.5 Å². The van der Waals surface area contributed by atoms with Crippen LogP contribution in [0.5, 0.6) is 0 Å². The Kier molecular flexibility index (Phi) is 5.09. The van der Waals surface area contributed by atoms with E-state index in [0.717, 1.165) is 40.2 Å². The minimum atomic E-state index is -0.196. The predicted octanol–water partition coefficient (Wildman–Crippen LogP) is 3.03. The first-order chi connectivity index (χ1) is 11.2. The maximum Gasteiger partial charge on any atom is 0.231 e. The van der Waals surface area contributed by atoms with Crippen molar-refractivity contribution < 1.29 is 4.52 Å². The molecular weight excluding hydrogens is 358 g/mol. The van der Waals surface area contributed by atoms with Crippen molar-refractivity contribution in [1.82, 2.24) is 15.1 Å². The Hall–Kier alpha value is -1.70. The second-order valence-corrected chi connectivity index (χ2v) is 6.53. The summed E-state index contributed by atoms with van der Waals surface area (Å²) in [5, 5.41) is 5.16. The maximum absolute atomic E-state index is 6.09. The van der Waals surface area contributed by atoms with Crippen molar-refractivity contribution >= 4 is 26.8 Å². The molecular formula is C16H20BrN5O. The van der Waals surface area contributed by atoms with Gasteiger partial charge in [0.2, 0.25) is 5.89 Å². The molecule has 3 aromatic rings. The molecule has 23 heavy (non-hydrogen) atoms. The first-order valence-corrected chi connectivity index (χ1v) is 8.50. The molecule has 0 aliphatic heterocycles. The van der Waals surface area contributed by atoms with Crippen molar-refractivity contribution in [2.24, 2.45) is 11.5 Å². The average Bonchev–Trinajstić information content (AvgIpc) is 3.15. The van der Waals surface area contributed by atoms with Crippen molar-refractivity contribution in [1.29, 1.82) is 0 Å². The molecule has 0 radical (unpaired) electrons. The van der Waals surface area contributed by atoms with Crippen LogP contribution in [0.25, 0.3) is 10.9 Å². The molecule has 3 rings (SSSR count). The molecule has 5 N–H and O–H groups in total. The Morgan fingerprint density at radius 2 is 2.17 bits per heavy atom. The van der Waals surface area contributed by atoms with E-state index >= 15 is 0 Å². The van der Waals surface area contributed by atoms with E-state index in [4.69, 9.17) is 16.0 Å². The number of aromatic nitrogens is 3. The summed E-state index contributed by atoms with van der Waals surface area (Å²) < 4.78 is 6.39. The number of hydrogen-bond donors (Lipinski definition) is 3. The summed E-state index contributed by atoms with van der Waals surface area (Å²) in [6.07, 6.45) is 5.31. The minimum Gasteiger partial charge on any atom is -0.361 e.